The van der Waals surface area contributed by atoms with Gasteiger partial charge in [-0.2, -0.15) is 4.68 Å². The van der Waals surface area contributed by atoms with E-state index in [1.807, 2.05) is 30.3 Å². The van der Waals surface area contributed by atoms with Crippen molar-refractivity contribution in [2.75, 3.05) is 0 Å². The number of aromatic nitrogens is 6. The Morgan fingerprint density at radius 3 is 2.65 bits per heavy atom. The Hall–Kier alpha value is -2.32. The van der Waals surface area contributed by atoms with E-state index >= 15 is 0 Å². The Bertz CT molecular complexity index is 681. The third kappa shape index (κ3) is 2.65. The molecular formula is C12H11N7S. The van der Waals surface area contributed by atoms with Crippen molar-refractivity contribution in [2.24, 2.45) is 5.73 Å². The molecule has 0 saturated carbocycles. The Morgan fingerprint density at radius 1 is 1.10 bits per heavy atom. The summed E-state index contributed by atoms with van der Waals surface area (Å²) in [6.45, 7) is 0.375. The van der Waals surface area contributed by atoms with Gasteiger partial charge < -0.3 is 5.73 Å². The van der Waals surface area contributed by atoms with Crippen molar-refractivity contribution in [1.29, 1.82) is 0 Å². The van der Waals surface area contributed by atoms with Gasteiger partial charge in [0, 0.05) is 6.54 Å². The summed E-state index contributed by atoms with van der Waals surface area (Å²) in [7, 11) is 0. The molecule has 0 amide bonds. The van der Waals surface area contributed by atoms with E-state index in [0.29, 0.717) is 16.7 Å². The van der Waals surface area contributed by atoms with Gasteiger partial charge in [-0.15, -0.1) is 5.10 Å². The minimum atomic E-state index is 0.375. The molecule has 0 saturated heterocycles. The Kier molecular flexibility index (Phi) is 3.66. The number of para-hydroxylation sites is 1. The van der Waals surface area contributed by atoms with Crippen LogP contribution in [-0.4, -0.2) is 30.2 Å². The zero-order chi connectivity index (χ0) is 13.8. The SMILES string of the molecule is NCc1cnc(Sc2nnnn2-c2ccccc2)cn1. The van der Waals surface area contributed by atoms with Crippen molar-refractivity contribution in [1.82, 2.24) is 30.2 Å². The summed E-state index contributed by atoms with van der Waals surface area (Å²) in [6.07, 6.45) is 3.32. The average molecular weight is 285 g/mol. The predicted molar refractivity (Wildman–Crippen MR) is 73.2 cm³/mol. The van der Waals surface area contributed by atoms with E-state index in [9.17, 15) is 0 Å². The Balaban J connectivity index is 1.86. The minimum Gasteiger partial charge on any atom is -0.325 e. The fraction of sp³-hybridized carbons (Fsp3) is 0.0833. The van der Waals surface area contributed by atoms with E-state index in [4.69, 9.17) is 5.73 Å². The van der Waals surface area contributed by atoms with Crippen LogP contribution in [0.25, 0.3) is 5.69 Å². The molecule has 3 rings (SSSR count). The van der Waals surface area contributed by atoms with Gasteiger partial charge in [-0.1, -0.05) is 18.2 Å². The molecule has 3 aromatic rings. The molecule has 0 bridgehead atoms. The summed E-state index contributed by atoms with van der Waals surface area (Å²) in [6, 6.07) is 9.67. The fourth-order valence-electron chi connectivity index (χ4n) is 1.57. The predicted octanol–water partition coefficient (Wildman–Crippen LogP) is 1.06. The molecule has 0 radical (unpaired) electrons. The Morgan fingerprint density at radius 2 is 1.95 bits per heavy atom. The first-order valence-corrected chi connectivity index (χ1v) is 6.71. The first-order valence-electron chi connectivity index (χ1n) is 5.89. The van der Waals surface area contributed by atoms with E-state index in [0.717, 1.165) is 11.4 Å². The van der Waals surface area contributed by atoms with Crippen LogP contribution in [0.1, 0.15) is 5.69 Å². The van der Waals surface area contributed by atoms with Crippen LogP contribution in [0, 0.1) is 0 Å². The van der Waals surface area contributed by atoms with Crippen LogP contribution in [0.5, 0.6) is 0 Å². The molecule has 20 heavy (non-hydrogen) atoms. The lowest BCUT2D eigenvalue weighted by atomic mass is 10.3. The number of hydrogen-bond donors (Lipinski definition) is 1. The van der Waals surface area contributed by atoms with Gasteiger partial charge in [-0.25, -0.2) is 4.98 Å². The van der Waals surface area contributed by atoms with Gasteiger partial charge in [0.2, 0.25) is 5.16 Å². The van der Waals surface area contributed by atoms with E-state index in [2.05, 4.69) is 25.5 Å². The van der Waals surface area contributed by atoms with E-state index in [-0.39, 0.29) is 0 Å². The summed E-state index contributed by atoms with van der Waals surface area (Å²) in [4.78, 5) is 8.46. The molecule has 0 aliphatic heterocycles. The van der Waals surface area contributed by atoms with Crippen molar-refractivity contribution < 1.29 is 0 Å². The molecular weight excluding hydrogens is 274 g/mol. The van der Waals surface area contributed by atoms with Crippen LogP contribution in [0.4, 0.5) is 0 Å². The maximum absolute atomic E-state index is 5.49. The van der Waals surface area contributed by atoms with Gasteiger partial charge in [0.15, 0.2) is 0 Å². The highest BCUT2D eigenvalue weighted by Crippen LogP contribution is 2.24. The Labute approximate surface area is 119 Å². The molecule has 0 aliphatic rings. The molecule has 0 aliphatic carbocycles. The standard InChI is InChI=1S/C12H11N7S/c13-6-9-7-15-11(8-14-9)20-12-16-17-18-19(12)10-4-2-1-3-5-10/h1-5,7-8H,6,13H2. The summed E-state index contributed by atoms with van der Waals surface area (Å²) < 4.78 is 1.66. The smallest absolute Gasteiger partial charge is 0.220 e. The molecule has 8 heteroatoms. The molecule has 0 spiro atoms. The van der Waals surface area contributed by atoms with Crippen molar-refractivity contribution in [3.63, 3.8) is 0 Å². The quantitative estimate of drug-likeness (QED) is 0.765. The summed E-state index contributed by atoms with van der Waals surface area (Å²) in [5.74, 6) is 0. The second kappa shape index (κ2) is 5.76. The van der Waals surface area contributed by atoms with Crippen molar-refractivity contribution in [3.8, 4) is 5.69 Å². The molecule has 0 atom stereocenters. The first kappa shape index (κ1) is 12.7. The molecule has 2 heterocycles. The van der Waals surface area contributed by atoms with Crippen molar-refractivity contribution >= 4 is 11.8 Å². The van der Waals surface area contributed by atoms with Crippen molar-refractivity contribution in [2.45, 2.75) is 16.7 Å². The van der Waals surface area contributed by atoms with Crippen LogP contribution in [0.3, 0.4) is 0 Å². The lowest BCUT2D eigenvalue weighted by Crippen LogP contribution is -2.01. The topological polar surface area (TPSA) is 95.4 Å². The second-order valence-electron chi connectivity index (χ2n) is 3.86. The van der Waals surface area contributed by atoms with Gasteiger partial charge in [0.1, 0.15) is 5.03 Å². The number of hydrogen-bond acceptors (Lipinski definition) is 7. The van der Waals surface area contributed by atoms with Crippen LogP contribution >= 0.6 is 11.8 Å². The average Bonchev–Trinajstić information content (AvgIpc) is 2.97. The number of rotatable bonds is 4. The van der Waals surface area contributed by atoms with Gasteiger partial charge in [0.05, 0.1) is 23.8 Å². The molecule has 2 N–H and O–H groups in total. The highest BCUT2D eigenvalue weighted by atomic mass is 32.2. The maximum atomic E-state index is 5.49. The fourth-order valence-corrected chi connectivity index (χ4v) is 2.27. The second-order valence-corrected chi connectivity index (χ2v) is 4.85. The third-order valence-electron chi connectivity index (χ3n) is 2.53. The normalized spacial score (nSPS) is 10.7. The molecule has 1 aromatic carbocycles. The van der Waals surface area contributed by atoms with E-state index < -0.39 is 0 Å². The van der Waals surface area contributed by atoms with E-state index in [1.165, 1.54) is 11.8 Å². The van der Waals surface area contributed by atoms with Crippen LogP contribution in [0.2, 0.25) is 0 Å². The molecule has 0 fully saturated rings. The van der Waals surface area contributed by atoms with Gasteiger partial charge in [-0.05, 0) is 34.3 Å². The van der Waals surface area contributed by atoms with Gasteiger partial charge >= 0.3 is 0 Å². The summed E-state index contributed by atoms with van der Waals surface area (Å²) in [5, 5.41) is 13.0. The van der Waals surface area contributed by atoms with Crippen molar-refractivity contribution in [3.05, 3.63) is 48.4 Å². The molecule has 2 aromatic heterocycles. The maximum Gasteiger partial charge on any atom is 0.220 e. The van der Waals surface area contributed by atoms with Crippen LogP contribution in [0.15, 0.2) is 52.9 Å². The lowest BCUT2D eigenvalue weighted by Gasteiger charge is -2.03. The van der Waals surface area contributed by atoms with Crippen LogP contribution in [-0.2, 0) is 6.54 Å². The largest absolute Gasteiger partial charge is 0.325 e. The van der Waals surface area contributed by atoms with Crippen LogP contribution < -0.4 is 5.73 Å². The number of nitrogens with zero attached hydrogens (tertiary/aromatic N) is 6. The lowest BCUT2D eigenvalue weighted by molar-refractivity contribution is 0.755. The molecule has 100 valence electrons. The summed E-state index contributed by atoms with van der Waals surface area (Å²) in [5.41, 5.74) is 7.13. The minimum absolute atomic E-state index is 0.375. The highest BCUT2D eigenvalue weighted by molar-refractivity contribution is 7.99. The third-order valence-corrected chi connectivity index (χ3v) is 3.39. The molecule has 7 nitrogen and oxygen atoms in total. The number of nitrogens with two attached hydrogens (primary N) is 1. The van der Waals surface area contributed by atoms with E-state index in [1.54, 1.807) is 17.1 Å². The number of tetrazole rings is 1. The monoisotopic (exact) mass is 285 g/mol. The highest BCUT2D eigenvalue weighted by Gasteiger charge is 2.10. The number of benzene rings is 1. The zero-order valence-corrected chi connectivity index (χ0v) is 11.2. The summed E-state index contributed by atoms with van der Waals surface area (Å²) >= 11 is 1.35. The first-order chi connectivity index (χ1) is 9.86. The van der Waals surface area contributed by atoms with Gasteiger partial charge in [-0.3, -0.25) is 4.98 Å². The zero-order valence-electron chi connectivity index (χ0n) is 10.4. The molecule has 0 unspecified atom stereocenters. The van der Waals surface area contributed by atoms with Gasteiger partial charge in [0.25, 0.3) is 0 Å².